The van der Waals surface area contributed by atoms with Gasteiger partial charge in [0.15, 0.2) is 5.78 Å². The fraction of sp³-hybridized carbons (Fsp3) is 0.385. The van der Waals surface area contributed by atoms with Gasteiger partial charge in [-0.05, 0) is 12.1 Å². The molecule has 0 amide bonds. The Hall–Kier alpha value is -1.55. The molecule has 0 fully saturated rings. The van der Waals surface area contributed by atoms with Crippen LogP contribution >= 0.6 is 11.6 Å². The maximum Gasteiger partial charge on any atom is 0.308 e. The first-order chi connectivity index (χ1) is 8.51. The van der Waals surface area contributed by atoms with E-state index in [0.717, 1.165) is 0 Å². The molecule has 0 aliphatic rings. The number of ether oxygens (including phenoxy) is 2. The van der Waals surface area contributed by atoms with E-state index in [0.29, 0.717) is 16.3 Å². The lowest BCUT2D eigenvalue weighted by Gasteiger charge is -2.12. The van der Waals surface area contributed by atoms with E-state index in [9.17, 15) is 9.59 Å². The van der Waals surface area contributed by atoms with Crippen molar-refractivity contribution >= 4 is 23.4 Å². The van der Waals surface area contributed by atoms with Gasteiger partial charge in [-0.3, -0.25) is 9.59 Å². The van der Waals surface area contributed by atoms with Gasteiger partial charge in [0, 0.05) is 6.42 Å². The summed E-state index contributed by atoms with van der Waals surface area (Å²) < 4.78 is 9.67. The molecule has 0 aliphatic heterocycles. The number of carbonyl (C=O) groups excluding carboxylic acids is 2. The summed E-state index contributed by atoms with van der Waals surface area (Å²) in [6.45, 7) is 1.63. The van der Waals surface area contributed by atoms with Gasteiger partial charge in [0.25, 0.3) is 0 Å². The third kappa shape index (κ3) is 3.23. The highest BCUT2D eigenvalue weighted by Crippen LogP contribution is 2.28. The molecule has 0 N–H and O–H groups in total. The SMILES string of the molecule is COC(=O)C(C)CC(=O)c1c(Cl)cccc1OC. The molecule has 18 heavy (non-hydrogen) atoms. The van der Waals surface area contributed by atoms with Gasteiger partial charge in [0.2, 0.25) is 0 Å². The van der Waals surface area contributed by atoms with E-state index in [2.05, 4.69) is 4.74 Å². The van der Waals surface area contributed by atoms with E-state index in [-0.39, 0.29) is 12.2 Å². The molecule has 4 nitrogen and oxygen atoms in total. The number of halogens is 1. The predicted molar refractivity (Wildman–Crippen MR) is 68.1 cm³/mol. The molecule has 1 aromatic rings. The van der Waals surface area contributed by atoms with E-state index < -0.39 is 11.9 Å². The third-order valence-electron chi connectivity index (χ3n) is 2.57. The Labute approximate surface area is 111 Å². The third-order valence-corrected chi connectivity index (χ3v) is 2.88. The van der Waals surface area contributed by atoms with Crippen LogP contribution in [0.2, 0.25) is 5.02 Å². The largest absolute Gasteiger partial charge is 0.496 e. The Morgan fingerprint density at radius 3 is 2.56 bits per heavy atom. The topological polar surface area (TPSA) is 52.6 Å². The number of Topliss-reactive ketones (excluding diaryl/α,β-unsaturated/α-hetero) is 1. The number of methoxy groups -OCH3 is 2. The van der Waals surface area contributed by atoms with Crippen LogP contribution in [-0.2, 0) is 9.53 Å². The zero-order valence-corrected chi connectivity index (χ0v) is 11.3. The highest BCUT2D eigenvalue weighted by atomic mass is 35.5. The summed E-state index contributed by atoms with van der Waals surface area (Å²) in [7, 11) is 2.76. The smallest absolute Gasteiger partial charge is 0.308 e. The fourth-order valence-corrected chi connectivity index (χ4v) is 1.88. The molecule has 1 unspecified atom stereocenters. The molecule has 98 valence electrons. The summed E-state index contributed by atoms with van der Waals surface area (Å²) in [4.78, 5) is 23.4. The van der Waals surface area contributed by atoms with Crippen LogP contribution < -0.4 is 4.74 Å². The van der Waals surface area contributed by atoms with Crippen molar-refractivity contribution < 1.29 is 19.1 Å². The highest BCUT2D eigenvalue weighted by Gasteiger charge is 2.22. The molecule has 0 aromatic heterocycles. The van der Waals surface area contributed by atoms with E-state index in [4.69, 9.17) is 16.3 Å². The Morgan fingerprint density at radius 1 is 1.33 bits per heavy atom. The molecule has 0 spiro atoms. The van der Waals surface area contributed by atoms with Crippen molar-refractivity contribution in [2.45, 2.75) is 13.3 Å². The Kier molecular flexibility index (Phi) is 5.16. The number of benzene rings is 1. The maximum atomic E-state index is 12.1. The maximum absolute atomic E-state index is 12.1. The minimum Gasteiger partial charge on any atom is -0.496 e. The van der Waals surface area contributed by atoms with Crippen LogP contribution in [0.25, 0.3) is 0 Å². The molecule has 0 radical (unpaired) electrons. The van der Waals surface area contributed by atoms with Crippen molar-refractivity contribution in [3.8, 4) is 5.75 Å². The zero-order chi connectivity index (χ0) is 13.7. The zero-order valence-electron chi connectivity index (χ0n) is 10.5. The van der Waals surface area contributed by atoms with E-state index in [1.54, 1.807) is 25.1 Å². The van der Waals surface area contributed by atoms with Gasteiger partial charge in [0.05, 0.1) is 30.7 Å². The quantitative estimate of drug-likeness (QED) is 0.610. The van der Waals surface area contributed by atoms with Crippen LogP contribution in [0.4, 0.5) is 0 Å². The van der Waals surface area contributed by atoms with Crippen molar-refractivity contribution in [3.05, 3.63) is 28.8 Å². The summed E-state index contributed by atoms with van der Waals surface area (Å²) >= 11 is 5.98. The molecule has 1 atom stereocenters. The van der Waals surface area contributed by atoms with Crippen LogP contribution in [0.5, 0.6) is 5.75 Å². The van der Waals surface area contributed by atoms with Gasteiger partial charge in [0.1, 0.15) is 5.75 Å². The van der Waals surface area contributed by atoms with Gasteiger partial charge < -0.3 is 9.47 Å². The van der Waals surface area contributed by atoms with Crippen molar-refractivity contribution in [1.82, 2.24) is 0 Å². The number of hydrogen-bond donors (Lipinski definition) is 0. The molecule has 0 bridgehead atoms. The van der Waals surface area contributed by atoms with Crippen LogP contribution in [0.1, 0.15) is 23.7 Å². The van der Waals surface area contributed by atoms with E-state index in [1.807, 2.05) is 0 Å². The lowest BCUT2D eigenvalue weighted by atomic mass is 9.99. The molecule has 5 heteroatoms. The molecule has 1 aromatic carbocycles. The predicted octanol–water partition coefficient (Wildman–Crippen LogP) is 2.73. The van der Waals surface area contributed by atoms with Crippen molar-refractivity contribution in [1.29, 1.82) is 0 Å². The minimum atomic E-state index is -0.511. The van der Waals surface area contributed by atoms with Gasteiger partial charge in [-0.15, -0.1) is 0 Å². The lowest BCUT2D eigenvalue weighted by Crippen LogP contribution is -2.17. The average Bonchev–Trinajstić information content (AvgIpc) is 2.36. The van der Waals surface area contributed by atoms with Crippen LogP contribution in [0.15, 0.2) is 18.2 Å². The number of carbonyl (C=O) groups is 2. The van der Waals surface area contributed by atoms with Gasteiger partial charge >= 0.3 is 5.97 Å². The van der Waals surface area contributed by atoms with Crippen LogP contribution in [-0.4, -0.2) is 26.0 Å². The summed E-state index contributed by atoms with van der Waals surface area (Å²) in [5, 5.41) is 0.316. The number of esters is 1. The summed E-state index contributed by atoms with van der Waals surface area (Å²) in [5.41, 5.74) is 0.303. The molecule has 0 saturated carbocycles. The molecule has 1 rings (SSSR count). The second-order valence-electron chi connectivity index (χ2n) is 3.87. The first-order valence-electron chi connectivity index (χ1n) is 5.44. The average molecular weight is 271 g/mol. The number of hydrogen-bond acceptors (Lipinski definition) is 4. The monoisotopic (exact) mass is 270 g/mol. The summed E-state index contributed by atoms with van der Waals surface area (Å²) in [6, 6.07) is 4.96. The Morgan fingerprint density at radius 2 is 2.00 bits per heavy atom. The van der Waals surface area contributed by atoms with Gasteiger partial charge in [-0.2, -0.15) is 0 Å². The van der Waals surface area contributed by atoms with Crippen molar-refractivity contribution in [3.63, 3.8) is 0 Å². The lowest BCUT2D eigenvalue weighted by molar-refractivity contribution is -0.144. The fourth-order valence-electron chi connectivity index (χ4n) is 1.61. The molecule has 0 aliphatic carbocycles. The molecule has 0 heterocycles. The normalized spacial score (nSPS) is 11.8. The number of ketones is 1. The number of rotatable bonds is 5. The first kappa shape index (κ1) is 14.5. The highest BCUT2D eigenvalue weighted by molar-refractivity contribution is 6.34. The van der Waals surface area contributed by atoms with Gasteiger partial charge in [-0.25, -0.2) is 0 Å². The summed E-state index contributed by atoms with van der Waals surface area (Å²) in [6.07, 6.45) is 0.0345. The summed E-state index contributed by atoms with van der Waals surface area (Å²) in [5.74, 6) is -0.766. The minimum absolute atomic E-state index is 0.0345. The Balaban J connectivity index is 2.94. The second-order valence-corrected chi connectivity index (χ2v) is 4.28. The van der Waals surface area contributed by atoms with Crippen LogP contribution in [0.3, 0.4) is 0 Å². The van der Waals surface area contributed by atoms with Crippen molar-refractivity contribution in [2.75, 3.05) is 14.2 Å². The van der Waals surface area contributed by atoms with Crippen molar-refractivity contribution in [2.24, 2.45) is 5.92 Å². The Bertz CT molecular complexity index is 456. The first-order valence-corrected chi connectivity index (χ1v) is 5.82. The molecular weight excluding hydrogens is 256 g/mol. The molecule has 0 saturated heterocycles. The van der Waals surface area contributed by atoms with Gasteiger partial charge in [-0.1, -0.05) is 24.6 Å². The molecular formula is C13H15ClO4. The standard InChI is InChI=1S/C13H15ClO4/c1-8(13(16)18-3)7-10(15)12-9(14)5-4-6-11(12)17-2/h4-6,8H,7H2,1-3H3. The van der Waals surface area contributed by atoms with E-state index >= 15 is 0 Å². The van der Waals surface area contributed by atoms with Crippen LogP contribution in [0, 0.1) is 5.92 Å². The van der Waals surface area contributed by atoms with E-state index in [1.165, 1.54) is 14.2 Å². The second kappa shape index (κ2) is 6.40.